The van der Waals surface area contributed by atoms with Gasteiger partial charge in [-0.15, -0.1) is 0 Å². The number of hydrogen-bond donors (Lipinski definition) is 1. The molecule has 18 heavy (non-hydrogen) atoms. The minimum Gasteiger partial charge on any atom is -0.494 e. The molecule has 0 fully saturated rings. The van der Waals surface area contributed by atoms with E-state index in [1.807, 2.05) is 40.8 Å². The Bertz CT molecular complexity index is 299. The van der Waals surface area contributed by atoms with Crippen molar-refractivity contribution in [1.29, 1.82) is 0 Å². The molecule has 1 unspecified atom stereocenters. The van der Waals surface area contributed by atoms with Crippen molar-refractivity contribution in [2.45, 2.75) is 47.1 Å². The minimum absolute atomic E-state index is 0.204. The Hall–Kier alpha value is -1.09. The minimum atomic E-state index is -0.307. The maximum Gasteiger partial charge on any atom is 0.165 e. The largest absolute Gasteiger partial charge is 0.494 e. The van der Waals surface area contributed by atoms with Crippen LogP contribution in [0.2, 0.25) is 0 Å². The summed E-state index contributed by atoms with van der Waals surface area (Å²) in [7, 11) is 3.34. The molecule has 1 N–H and O–H groups in total. The first kappa shape index (κ1) is 19.3. The van der Waals surface area contributed by atoms with Crippen molar-refractivity contribution in [2.75, 3.05) is 14.2 Å². The van der Waals surface area contributed by atoms with Crippen LogP contribution in [0.5, 0.6) is 5.75 Å². The summed E-state index contributed by atoms with van der Waals surface area (Å²) in [6.45, 7) is 10.1. The zero-order valence-corrected chi connectivity index (χ0v) is 12.8. The third-order valence-corrected chi connectivity index (χ3v) is 2.33. The number of nitrogens with one attached hydrogen (secondary N) is 1. The summed E-state index contributed by atoms with van der Waals surface area (Å²) in [5, 5.41) is 3.13. The molecule has 2 nitrogen and oxygen atoms in total. The van der Waals surface area contributed by atoms with Crippen LogP contribution in [0.1, 0.15) is 52.6 Å². The van der Waals surface area contributed by atoms with Crippen molar-refractivity contribution < 1.29 is 9.13 Å². The van der Waals surface area contributed by atoms with Crippen molar-refractivity contribution in [3.8, 4) is 5.75 Å². The van der Waals surface area contributed by atoms with E-state index >= 15 is 0 Å². The molecule has 0 saturated carbocycles. The standard InChI is InChI=1S/C11H16FNO.2C2H6/c1-4-10(13-2)8-5-6-11(14-3)9(12)7-8;2*1-2/h5-7,10,13H,4H2,1-3H3;2*1-2H3. The summed E-state index contributed by atoms with van der Waals surface area (Å²) < 4.78 is 18.2. The Kier molecular flexibility index (Phi) is 13.2. The summed E-state index contributed by atoms with van der Waals surface area (Å²) in [4.78, 5) is 0. The second-order valence-corrected chi connectivity index (χ2v) is 3.14. The lowest BCUT2D eigenvalue weighted by Gasteiger charge is -2.14. The first-order valence-corrected chi connectivity index (χ1v) is 6.73. The number of rotatable bonds is 4. The molecule has 0 spiro atoms. The molecular formula is C15H28FNO. The molecule has 0 aromatic heterocycles. The first-order valence-electron chi connectivity index (χ1n) is 6.73. The van der Waals surface area contributed by atoms with Gasteiger partial charge in [-0.1, -0.05) is 40.7 Å². The van der Waals surface area contributed by atoms with Gasteiger partial charge in [0, 0.05) is 6.04 Å². The van der Waals surface area contributed by atoms with Crippen LogP contribution in [0.4, 0.5) is 4.39 Å². The molecule has 0 aliphatic rings. The zero-order chi connectivity index (χ0) is 14.6. The van der Waals surface area contributed by atoms with Crippen molar-refractivity contribution in [3.05, 3.63) is 29.6 Å². The predicted molar refractivity (Wildman–Crippen MR) is 77.7 cm³/mol. The normalized spacial score (nSPS) is 10.4. The quantitative estimate of drug-likeness (QED) is 0.854. The van der Waals surface area contributed by atoms with Crippen LogP contribution in [-0.2, 0) is 0 Å². The van der Waals surface area contributed by atoms with Gasteiger partial charge in [0.1, 0.15) is 0 Å². The van der Waals surface area contributed by atoms with E-state index in [9.17, 15) is 4.39 Å². The van der Waals surface area contributed by atoms with Gasteiger partial charge in [0.05, 0.1) is 7.11 Å². The van der Waals surface area contributed by atoms with Gasteiger partial charge >= 0.3 is 0 Å². The van der Waals surface area contributed by atoms with Crippen LogP contribution in [0.3, 0.4) is 0 Å². The Morgan fingerprint density at radius 2 is 1.78 bits per heavy atom. The average molecular weight is 257 g/mol. The zero-order valence-electron chi connectivity index (χ0n) is 12.8. The van der Waals surface area contributed by atoms with Gasteiger partial charge in [0.15, 0.2) is 11.6 Å². The smallest absolute Gasteiger partial charge is 0.165 e. The summed E-state index contributed by atoms with van der Waals surface area (Å²) in [6.07, 6.45) is 0.933. The molecule has 0 bridgehead atoms. The number of methoxy groups -OCH3 is 1. The van der Waals surface area contributed by atoms with Gasteiger partial charge in [-0.2, -0.15) is 0 Å². The lowest BCUT2D eigenvalue weighted by Crippen LogP contribution is -2.15. The van der Waals surface area contributed by atoms with Gasteiger partial charge in [-0.25, -0.2) is 4.39 Å². The van der Waals surface area contributed by atoms with Crippen LogP contribution >= 0.6 is 0 Å². The lowest BCUT2D eigenvalue weighted by atomic mass is 10.0. The third-order valence-electron chi connectivity index (χ3n) is 2.33. The number of ether oxygens (including phenoxy) is 1. The Morgan fingerprint density at radius 3 is 2.11 bits per heavy atom. The van der Waals surface area contributed by atoms with Crippen LogP contribution in [0, 0.1) is 5.82 Å². The molecule has 0 aliphatic heterocycles. The Morgan fingerprint density at radius 1 is 1.22 bits per heavy atom. The molecule has 0 heterocycles. The van der Waals surface area contributed by atoms with Crippen molar-refractivity contribution in [3.63, 3.8) is 0 Å². The second-order valence-electron chi connectivity index (χ2n) is 3.14. The Balaban J connectivity index is 0. The summed E-state index contributed by atoms with van der Waals surface area (Å²) in [6, 6.07) is 5.26. The Labute approximate surface area is 112 Å². The predicted octanol–water partition coefficient (Wildman–Crippen LogP) is 4.56. The molecule has 1 aromatic rings. The van der Waals surface area contributed by atoms with Gasteiger partial charge in [0.25, 0.3) is 0 Å². The maximum absolute atomic E-state index is 13.3. The lowest BCUT2D eigenvalue weighted by molar-refractivity contribution is 0.385. The molecule has 0 radical (unpaired) electrons. The van der Waals surface area contributed by atoms with Crippen LogP contribution in [0.15, 0.2) is 18.2 Å². The molecule has 106 valence electrons. The summed E-state index contributed by atoms with van der Waals surface area (Å²) in [5.41, 5.74) is 0.952. The molecular weight excluding hydrogens is 229 g/mol. The summed E-state index contributed by atoms with van der Waals surface area (Å²) >= 11 is 0. The van der Waals surface area contributed by atoms with E-state index < -0.39 is 0 Å². The highest BCUT2D eigenvalue weighted by Gasteiger charge is 2.09. The van der Waals surface area contributed by atoms with Gasteiger partial charge in [-0.05, 0) is 31.2 Å². The SMILES string of the molecule is CC.CC.CCC(NC)c1ccc(OC)c(F)c1. The highest BCUT2D eigenvalue weighted by Crippen LogP contribution is 2.23. The van der Waals surface area contributed by atoms with E-state index in [1.54, 1.807) is 6.07 Å². The summed E-state index contributed by atoms with van der Waals surface area (Å²) in [5.74, 6) is -0.0154. The molecule has 0 saturated heterocycles. The number of hydrogen-bond acceptors (Lipinski definition) is 2. The van der Waals surface area contributed by atoms with E-state index in [0.29, 0.717) is 5.75 Å². The second kappa shape index (κ2) is 12.4. The molecule has 1 rings (SSSR count). The number of halogens is 1. The highest BCUT2D eigenvalue weighted by molar-refractivity contribution is 5.30. The molecule has 0 amide bonds. The first-order chi connectivity index (χ1) is 8.72. The van der Waals surface area contributed by atoms with Crippen molar-refractivity contribution in [2.24, 2.45) is 0 Å². The van der Waals surface area contributed by atoms with Gasteiger partial charge in [-0.3, -0.25) is 0 Å². The molecule has 1 atom stereocenters. The highest BCUT2D eigenvalue weighted by atomic mass is 19.1. The molecule has 3 heteroatoms. The van der Waals surface area contributed by atoms with E-state index in [-0.39, 0.29) is 11.9 Å². The third kappa shape index (κ3) is 6.01. The topological polar surface area (TPSA) is 21.3 Å². The fraction of sp³-hybridized carbons (Fsp3) is 0.600. The average Bonchev–Trinajstić information content (AvgIpc) is 2.45. The van der Waals surface area contributed by atoms with Gasteiger partial charge in [0.2, 0.25) is 0 Å². The fourth-order valence-corrected chi connectivity index (χ4v) is 1.51. The van der Waals surface area contributed by atoms with Crippen LogP contribution in [0.25, 0.3) is 0 Å². The monoisotopic (exact) mass is 257 g/mol. The molecule has 1 aromatic carbocycles. The van der Waals surface area contributed by atoms with E-state index in [1.165, 1.54) is 13.2 Å². The fourth-order valence-electron chi connectivity index (χ4n) is 1.51. The van der Waals surface area contributed by atoms with Crippen molar-refractivity contribution in [1.82, 2.24) is 5.32 Å². The van der Waals surface area contributed by atoms with Gasteiger partial charge < -0.3 is 10.1 Å². The van der Waals surface area contributed by atoms with Crippen molar-refractivity contribution >= 4 is 0 Å². The van der Waals surface area contributed by atoms with E-state index in [2.05, 4.69) is 12.2 Å². The molecule has 0 aliphatic carbocycles. The van der Waals surface area contributed by atoms with Crippen LogP contribution in [-0.4, -0.2) is 14.2 Å². The van der Waals surface area contributed by atoms with E-state index in [4.69, 9.17) is 4.74 Å². The van der Waals surface area contributed by atoms with E-state index in [0.717, 1.165) is 12.0 Å². The maximum atomic E-state index is 13.3. The number of benzene rings is 1. The van der Waals surface area contributed by atoms with Crippen LogP contribution < -0.4 is 10.1 Å².